The van der Waals surface area contributed by atoms with E-state index in [4.69, 9.17) is 4.74 Å². The zero-order valence-corrected chi connectivity index (χ0v) is 13.1. The van der Waals surface area contributed by atoms with Gasteiger partial charge >= 0.3 is 5.97 Å². The predicted molar refractivity (Wildman–Crippen MR) is 82.1 cm³/mol. The van der Waals surface area contributed by atoms with Crippen molar-refractivity contribution in [2.45, 2.75) is 12.6 Å². The van der Waals surface area contributed by atoms with Crippen molar-refractivity contribution in [1.29, 1.82) is 0 Å². The van der Waals surface area contributed by atoms with Crippen LogP contribution in [-0.2, 0) is 16.1 Å². The number of methoxy groups -OCH3 is 1. The first-order chi connectivity index (χ1) is 10.1. The highest BCUT2D eigenvalue weighted by atomic mass is 79.9. The SMILES string of the molecule is COC(=O)C(NCc1ccccc1)c1ccc(Br)c(F)c1. The third-order valence-electron chi connectivity index (χ3n) is 3.07. The highest BCUT2D eigenvalue weighted by Crippen LogP contribution is 2.22. The average Bonchev–Trinajstić information content (AvgIpc) is 2.51. The van der Waals surface area contributed by atoms with Crippen molar-refractivity contribution in [1.82, 2.24) is 5.32 Å². The minimum atomic E-state index is -0.710. The van der Waals surface area contributed by atoms with E-state index in [1.54, 1.807) is 12.1 Å². The van der Waals surface area contributed by atoms with Crippen molar-refractivity contribution in [3.8, 4) is 0 Å². The van der Waals surface area contributed by atoms with Crippen molar-refractivity contribution >= 4 is 21.9 Å². The van der Waals surface area contributed by atoms with Crippen LogP contribution in [0.2, 0.25) is 0 Å². The number of benzene rings is 2. The normalized spacial score (nSPS) is 12.0. The van der Waals surface area contributed by atoms with Gasteiger partial charge in [0.15, 0.2) is 0 Å². The van der Waals surface area contributed by atoms with E-state index in [-0.39, 0.29) is 0 Å². The van der Waals surface area contributed by atoms with Crippen molar-refractivity contribution in [2.24, 2.45) is 0 Å². The van der Waals surface area contributed by atoms with Gasteiger partial charge in [-0.2, -0.15) is 0 Å². The molecule has 110 valence electrons. The number of carbonyl (C=O) groups is 1. The van der Waals surface area contributed by atoms with Crippen LogP contribution >= 0.6 is 15.9 Å². The van der Waals surface area contributed by atoms with Crippen molar-refractivity contribution in [3.63, 3.8) is 0 Å². The lowest BCUT2D eigenvalue weighted by atomic mass is 10.1. The summed E-state index contributed by atoms with van der Waals surface area (Å²) in [5.41, 5.74) is 1.56. The Morgan fingerprint density at radius 2 is 2.00 bits per heavy atom. The molecule has 0 radical (unpaired) electrons. The van der Waals surface area contributed by atoms with Gasteiger partial charge in [-0.15, -0.1) is 0 Å². The molecule has 0 aliphatic carbocycles. The molecule has 0 saturated heterocycles. The Balaban J connectivity index is 2.18. The summed E-state index contributed by atoms with van der Waals surface area (Å²) in [4.78, 5) is 11.9. The van der Waals surface area contributed by atoms with E-state index in [0.29, 0.717) is 16.6 Å². The molecule has 2 rings (SSSR count). The van der Waals surface area contributed by atoms with Crippen LogP contribution in [0.1, 0.15) is 17.2 Å². The van der Waals surface area contributed by atoms with E-state index in [2.05, 4.69) is 21.2 Å². The summed E-state index contributed by atoms with van der Waals surface area (Å²) in [5.74, 6) is -0.865. The number of esters is 1. The number of hydrogen-bond acceptors (Lipinski definition) is 3. The number of rotatable bonds is 5. The summed E-state index contributed by atoms with van der Waals surface area (Å²) in [5, 5.41) is 3.09. The summed E-state index contributed by atoms with van der Waals surface area (Å²) >= 11 is 3.10. The Morgan fingerprint density at radius 1 is 1.29 bits per heavy atom. The van der Waals surface area contributed by atoms with Crippen LogP contribution in [-0.4, -0.2) is 13.1 Å². The first-order valence-corrected chi connectivity index (χ1v) is 7.21. The van der Waals surface area contributed by atoms with Crippen molar-refractivity contribution in [2.75, 3.05) is 7.11 Å². The van der Waals surface area contributed by atoms with Gasteiger partial charge in [-0.05, 0) is 39.2 Å². The molecule has 0 bridgehead atoms. The molecule has 1 N–H and O–H groups in total. The van der Waals surface area contributed by atoms with Crippen LogP contribution in [0.4, 0.5) is 4.39 Å². The lowest BCUT2D eigenvalue weighted by molar-refractivity contribution is -0.143. The molecule has 0 aliphatic heterocycles. The van der Waals surface area contributed by atoms with E-state index < -0.39 is 17.8 Å². The molecule has 2 aromatic carbocycles. The van der Waals surface area contributed by atoms with Crippen LogP contribution in [0.25, 0.3) is 0 Å². The standard InChI is InChI=1S/C16H15BrFNO2/c1-21-16(20)15(12-7-8-13(17)14(18)9-12)19-10-11-5-3-2-4-6-11/h2-9,15,19H,10H2,1H3. The third kappa shape index (κ3) is 4.12. The van der Waals surface area contributed by atoms with Crippen molar-refractivity contribution in [3.05, 3.63) is 69.9 Å². The van der Waals surface area contributed by atoms with Crippen LogP contribution in [0.5, 0.6) is 0 Å². The van der Waals surface area contributed by atoms with E-state index in [9.17, 15) is 9.18 Å². The molecule has 5 heteroatoms. The number of hydrogen-bond donors (Lipinski definition) is 1. The molecule has 1 unspecified atom stereocenters. The molecule has 0 aromatic heterocycles. The zero-order chi connectivity index (χ0) is 15.2. The lowest BCUT2D eigenvalue weighted by Crippen LogP contribution is -2.29. The van der Waals surface area contributed by atoms with Gasteiger partial charge in [0.1, 0.15) is 11.9 Å². The molecular formula is C16H15BrFNO2. The summed E-state index contributed by atoms with van der Waals surface area (Å²) in [6, 6.07) is 13.5. The molecule has 0 heterocycles. The summed E-state index contributed by atoms with van der Waals surface area (Å²) < 4.78 is 18.8. The average molecular weight is 352 g/mol. The molecule has 21 heavy (non-hydrogen) atoms. The maximum Gasteiger partial charge on any atom is 0.327 e. The Morgan fingerprint density at radius 3 is 2.62 bits per heavy atom. The molecule has 0 amide bonds. The topological polar surface area (TPSA) is 38.3 Å². The molecule has 0 spiro atoms. The Labute approximate surface area is 131 Å². The second-order valence-corrected chi connectivity index (χ2v) is 5.35. The fourth-order valence-electron chi connectivity index (χ4n) is 1.96. The highest BCUT2D eigenvalue weighted by molar-refractivity contribution is 9.10. The van der Waals surface area contributed by atoms with Gasteiger partial charge in [0.25, 0.3) is 0 Å². The number of carbonyl (C=O) groups excluding carboxylic acids is 1. The lowest BCUT2D eigenvalue weighted by Gasteiger charge is -2.17. The van der Waals surface area contributed by atoms with Gasteiger partial charge in [0.05, 0.1) is 11.6 Å². The fourth-order valence-corrected chi connectivity index (χ4v) is 2.21. The molecule has 2 aromatic rings. The van der Waals surface area contributed by atoms with Gasteiger partial charge in [0, 0.05) is 6.54 Å². The predicted octanol–water partition coefficient (Wildman–Crippen LogP) is 3.59. The molecule has 1 atom stereocenters. The maximum atomic E-state index is 13.6. The van der Waals surface area contributed by atoms with Crippen LogP contribution in [0.15, 0.2) is 53.0 Å². The highest BCUT2D eigenvalue weighted by Gasteiger charge is 2.21. The van der Waals surface area contributed by atoms with Crippen LogP contribution in [0, 0.1) is 5.82 Å². The summed E-state index contributed by atoms with van der Waals surface area (Å²) in [6.07, 6.45) is 0. The Bertz CT molecular complexity index is 619. The largest absolute Gasteiger partial charge is 0.468 e. The zero-order valence-electron chi connectivity index (χ0n) is 11.5. The van der Waals surface area contributed by atoms with E-state index in [1.807, 2.05) is 30.3 Å². The van der Waals surface area contributed by atoms with Gasteiger partial charge in [-0.1, -0.05) is 36.4 Å². The summed E-state index contributed by atoms with van der Waals surface area (Å²) in [7, 11) is 1.31. The van der Waals surface area contributed by atoms with Gasteiger partial charge in [-0.3, -0.25) is 5.32 Å². The summed E-state index contributed by atoms with van der Waals surface area (Å²) in [6.45, 7) is 0.484. The second kappa shape index (κ2) is 7.33. The van der Waals surface area contributed by atoms with Gasteiger partial charge < -0.3 is 4.74 Å². The van der Waals surface area contributed by atoms with Crippen molar-refractivity contribution < 1.29 is 13.9 Å². The number of nitrogens with one attached hydrogen (secondary N) is 1. The smallest absolute Gasteiger partial charge is 0.327 e. The third-order valence-corrected chi connectivity index (χ3v) is 3.71. The Hall–Kier alpha value is -1.72. The van der Waals surface area contributed by atoms with E-state index in [1.165, 1.54) is 13.2 Å². The molecule has 0 saturated carbocycles. The molecule has 0 aliphatic rings. The van der Waals surface area contributed by atoms with Gasteiger partial charge in [-0.25, -0.2) is 9.18 Å². The molecule has 0 fully saturated rings. The number of ether oxygens (including phenoxy) is 1. The van der Waals surface area contributed by atoms with Crippen LogP contribution < -0.4 is 5.32 Å². The monoisotopic (exact) mass is 351 g/mol. The fraction of sp³-hybridized carbons (Fsp3) is 0.188. The minimum Gasteiger partial charge on any atom is -0.468 e. The minimum absolute atomic E-state index is 0.359. The van der Waals surface area contributed by atoms with E-state index in [0.717, 1.165) is 5.56 Å². The first-order valence-electron chi connectivity index (χ1n) is 6.42. The number of halogens is 2. The molecular weight excluding hydrogens is 337 g/mol. The van der Waals surface area contributed by atoms with Crippen LogP contribution in [0.3, 0.4) is 0 Å². The first kappa shape index (κ1) is 15.7. The van der Waals surface area contributed by atoms with Gasteiger partial charge in [0.2, 0.25) is 0 Å². The van der Waals surface area contributed by atoms with E-state index >= 15 is 0 Å². The quantitative estimate of drug-likeness (QED) is 0.836. The maximum absolute atomic E-state index is 13.6. The second-order valence-electron chi connectivity index (χ2n) is 4.50. The molecule has 3 nitrogen and oxygen atoms in total. The Kier molecular flexibility index (Phi) is 5.47.